The lowest BCUT2D eigenvalue weighted by Gasteiger charge is -2.30. The van der Waals surface area contributed by atoms with E-state index in [1.807, 2.05) is 12.1 Å². The maximum Gasteiger partial charge on any atom is 0.159 e. The third kappa shape index (κ3) is 3.44. The van der Waals surface area contributed by atoms with Crippen LogP contribution in [0.3, 0.4) is 0 Å². The Kier molecular flexibility index (Phi) is 4.26. The number of carbonyl (C=O) groups is 1. The van der Waals surface area contributed by atoms with Gasteiger partial charge in [0.25, 0.3) is 0 Å². The number of rotatable bonds is 2. The Labute approximate surface area is 116 Å². The van der Waals surface area contributed by atoms with Gasteiger partial charge < -0.3 is 5.11 Å². The molecule has 0 saturated heterocycles. The molecule has 106 valence electrons. The van der Waals surface area contributed by atoms with Crippen LogP contribution in [0.5, 0.6) is 0 Å². The van der Waals surface area contributed by atoms with Crippen molar-refractivity contribution in [2.24, 2.45) is 0 Å². The van der Waals surface area contributed by atoms with Gasteiger partial charge in [0.1, 0.15) is 0 Å². The number of benzene rings is 1. The Balaban J connectivity index is 3.72. The van der Waals surface area contributed by atoms with E-state index in [-0.39, 0.29) is 23.2 Å². The van der Waals surface area contributed by atoms with Crippen molar-refractivity contribution in [2.75, 3.05) is 0 Å². The van der Waals surface area contributed by atoms with Crippen LogP contribution in [0.2, 0.25) is 0 Å². The van der Waals surface area contributed by atoms with E-state index in [0.717, 1.165) is 22.3 Å². The van der Waals surface area contributed by atoms with Crippen molar-refractivity contribution >= 4 is 5.78 Å². The lowest BCUT2D eigenvalue weighted by atomic mass is 9.75. The van der Waals surface area contributed by atoms with Crippen LogP contribution in [0.15, 0.2) is 12.1 Å². The highest BCUT2D eigenvalue weighted by Crippen LogP contribution is 2.35. The number of carbonyl (C=O) groups excluding carboxylic acids is 1. The summed E-state index contributed by atoms with van der Waals surface area (Å²) in [6.07, 6.45) is 0. The number of hydrogen-bond donors (Lipinski definition) is 1. The van der Waals surface area contributed by atoms with Gasteiger partial charge in [-0.3, -0.25) is 4.79 Å². The van der Waals surface area contributed by atoms with Crippen molar-refractivity contribution in [3.8, 4) is 0 Å². The molecule has 2 nitrogen and oxygen atoms in total. The van der Waals surface area contributed by atoms with Crippen LogP contribution in [-0.2, 0) is 17.4 Å². The van der Waals surface area contributed by atoms with E-state index in [0.29, 0.717) is 0 Å². The predicted octanol–water partition coefficient (Wildman–Crippen LogP) is 3.98. The molecule has 1 aromatic rings. The van der Waals surface area contributed by atoms with E-state index in [4.69, 9.17) is 0 Å². The van der Waals surface area contributed by atoms with Crippen LogP contribution in [0.25, 0.3) is 0 Å². The van der Waals surface area contributed by atoms with Crippen molar-refractivity contribution < 1.29 is 9.90 Å². The van der Waals surface area contributed by atoms with Gasteiger partial charge in [-0.15, -0.1) is 0 Å². The molecule has 0 bridgehead atoms. The molecular weight excluding hydrogens is 236 g/mol. The highest BCUT2D eigenvalue weighted by atomic mass is 16.3. The zero-order valence-electron chi connectivity index (χ0n) is 13.2. The fourth-order valence-corrected chi connectivity index (χ4v) is 2.38. The topological polar surface area (TPSA) is 37.3 Å². The third-order valence-electron chi connectivity index (χ3n) is 3.43. The monoisotopic (exact) mass is 262 g/mol. The lowest BCUT2D eigenvalue weighted by Crippen LogP contribution is -2.22. The number of aliphatic hydroxyl groups is 1. The molecule has 2 heteroatoms. The normalized spacial score (nSPS) is 12.6. The largest absolute Gasteiger partial charge is 0.392 e. The molecule has 19 heavy (non-hydrogen) atoms. The fourth-order valence-electron chi connectivity index (χ4n) is 2.38. The highest BCUT2D eigenvalue weighted by Gasteiger charge is 2.26. The summed E-state index contributed by atoms with van der Waals surface area (Å²) in [5.74, 6) is 0.0699. The quantitative estimate of drug-likeness (QED) is 0.819. The number of aliphatic hydroxyl groups excluding tert-OH is 1. The van der Waals surface area contributed by atoms with E-state index >= 15 is 0 Å². The molecule has 1 N–H and O–H groups in total. The number of Topliss-reactive ketones (excluding diaryl/α,β-unsaturated/α-hetero) is 1. The van der Waals surface area contributed by atoms with Gasteiger partial charge in [0, 0.05) is 5.56 Å². The fraction of sp³-hybridized carbons (Fsp3) is 0.588. The number of ketones is 1. The average Bonchev–Trinajstić information content (AvgIpc) is 2.24. The zero-order valence-corrected chi connectivity index (χ0v) is 13.2. The Morgan fingerprint density at radius 3 is 1.58 bits per heavy atom. The molecule has 0 saturated carbocycles. The van der Waals surface area contributed by atoms with Gasteiger partial charge in [0.05, 0.1) is 6.61 Å². The average molecular weight is 262 g/mol. The summed E-state index contributed by atoms with van der Waals surface area (Å²) in [6.45, 7) is 14.3. The van der Waals surface area contributed by atoms with Gasteiger partial charge >= 0.3 is 0 Å². The molecule has 0 aromatic heterocycles. The van der Waals surface area contributed by atoms with Gasteiger partial charge in [0.15, 0.2) is 5.78 Å². The van der Waals surface area contributed by atoms with Crippen LogP contribution in [0, 0.1) is 0 Å². The van der Waals surface area contributed by atoms with Crippen LogP contribution in [-0.4, -0.2) is 10.9 Å². The first-order valence-electron chi connectivity index (χ1n) is 6.78. The summed E-state index contributed by atoms with van der Waals surface area (Å²) in [4.78, 5) is 11.7. The van der Waals surface area contributed by atoms with E-state index in [1.165, 1.54) is 0 Å². The Morgan fingerprint density at radius 2 is 1.37 bits per heavy atom. The molecule has 0 radical (unpaired) electrons. The van der Waals surface area contributed by atoms with Gasteiger partial charge in [-0.2, -0.15) is 0 Å². The Bertz CT molecular complexity index is 450. The standard InChI is InChI=1S/C17H26O2/c1-11(19)12-8-14(16(2,3)4)13(10-18)15(9-12)17(5,6)7/h8-9,18H,10H2,1-7H3. The van der Waals surface area contributed by atoms with Crippen LogP contribution in [0.1, 0.15) is 75.5 Å². The molecule has 0 fully saturated rings. The maximum absolute atomic E-state index is 11.7. The Hall–Kier alpha value is -1.15. The molecule has 0 aliphatic carbocycles. The lowest BCUT2D eigenvalue weighted by molar-refractivity contribution is 0.101. The van der Waals surface area contributed by atoms with Gasteiger partial charge in [-0.1, -0.05) is 41.5 Å². The SMILES string of the molecule is CC(=O)c1cc(C(C)(C)C)c(CO)c(C(C)(C)C)c1. The van der Waals surface area contributed by atoms with Crippen molar-refractivity contribution in [3.63, 3.8) is 0 Å². The van der Waals surface area contributed by atoms with E-state index in [9.17, 15) is 9.90 Å². The molecule has 0 atom stereocenters. The number of hydrogen-bond acceptors (Lipinski definition) is 2. The first kappa shape index (κ1) is 15.9. The summed E-state index contributed by atoms with van der Waals surface area (Å²) < 4.78 is 0. The minimum absolute atomic E-state index is 0.0113. The van der Waals surface area contributed by atoms with Crippen molar-refractivity contribution in [2.45, 2.75) is 65.9 Å². The smallest absolute Gasteiger partial charge is 0.159 e. The van der Waals surface area contributed by atoms with E-state index in [2.05, 4.69) is 41.5 Å². The second-order valence-corrected chi connectivity index (χ2v) is 7.26. The van der Waals surface area contributed by atoms with Crippen molar-refractivity contribution in [3.05, 3.63) is 34.4 Å². The third-order valence-corrected chi connectivity index (χ3v) is 3.43. The van der Waals surface area contributed by atoms with Crippen LogP contribution >= 0.6 is 0 Å². The van der Waals surface area contributed by atoms with E-state index in [1.54, 1.807) is 6.92 Å². The molecule has 0 amide bonds. The molecule has 0 unspecified atom stereocenters. The van der Waals surface area contributed by atoms with Crippen LogP contribution in [0.4, 0.5) is 0 Å². The molecule has 0 spiro atoms. The predicted molar refractivity (Wildman–Crippen MR) is 79.8 cm³/mol. The minimum atomic E-state index is -0.0937. The molecule has 0 heterocycles. The Morgan fingerprint density at radius 1 is 1.00 bits per heavy atom. The van der Waals surface area contributed by atoms with Gasteiger partial charge in [-0.05, 0) is 46.6 Å². The minimum Gasteiger partial charge on any atom is -0.392 e. The first-order chi connectivity index (χ1) is 8.48. The van der Waals surface area contributed by atoms with Crippen molar-refractivity contribution in [1.29, 1.82) is 0 Å². The first-order valence-corrected chi connectivity index (χ1v) is 6.78. The van der Waals surface area contributed by atoms with E-state index < -0.39 is 0 Å². The summed E-state index contributed by atoms with van der Waals surface area (Å²) >= 11 is 0. The molecule has 1 aromatic carbocycles. The maximum atomic E-state index is 11.7. The zero-order chi connectivity index (χ0) is 15.0. The molecule has 1 rings (SSSR count). The van der Waals surface area contributed by atoms with Crippen molar-refractivity contribution in [1.82, 2.24) is 0 Å². The molecule has 0 aliphatic heterocycles. The molecular formula is C17H26O2. The van der Waals surface area contributed by atoms with Crippen LogP contribution < -0.4 is 0 Å². The highest BCUT2D eigenvalue weighted by molar-refractivity contribution is 5.94. The second kappa shape index (κ2) is 5.09. The summed E-state index contributed by atoms with van der Waals surface area (Å²) in [5.41, 5.74) is 3.63. The summed E-state index contributed by atoms with van der Waals surface area (Å²) in [6, 6.07) is 3.87. The van der Waals surface area contributed by atoms with Gasteiger partial charge in [-0.25, -0.2) is 0 Å². The summed E-state index contributed by atoms with van der Waals surface area (Å²) in [5, 5.41) is 9.77. The molecule has 0 aliphatic rings. The van der Waals surface area contributed by atoms with Gasteiger partial charge in [0.2, 0.25) is 0 Å². The second-order valence-electron chi connectivity index (χ2n) is 7.26. The summed E-state index contributed by atoms with van der Waals surface area (Å²) in [7, 11) is 0.